The Labute approximate surface area is 71.4 Å². The van der Waals surface area contributed by atoms with Gasteiger partial charge < -0.3 is 4.74 Å². The number of hydrogen-bond acceptors (Lipinski definition) is 4. The topological polar surface area (TPSA) is 32.8 Å². The lowest BCUT2D eigenvalue weighted by Crippen LogP contribution is -2.51. The highest BCUT2D eigenvalue weighted by Gasteiger charge is 2.45. The van der Waals surface area contributed by atoms with Gasteiger partial charge in [0.25, 0.3) is 0 Å². The van der Waals surface area contributed by atoms with E-state index in [0.717, 1.165) is 7.11 Å². The van der Waals surface area contributed by atoms with Crippen LogP contribution in [0, 0.1) is 0 Å². The van der Waals surface area contributed by atoms with E-state index in [1.54, 1.807) is 0 Å². The Hall–Kier alpha value is -0.890. The monoisotopic (exact) mass is 204 g/mol. The van der Waals surface area contributed by atoms with E-state index >= 15 is 0 Å². The highest BCUT2D eigenvalue weighted by molar-refractivity contribution is 5.80. The first-order valence-electron chi connectivity index (χ1n) is 3.14. The van der Waals surface area contributed by atoms with Gasteiger partial charge >= 0.3 is 5.97 Å². The molecule has 1 unspecified atom stereocenters. The molecule has 0 N–H and O–H groups in total. The van der Waals surface area contributed by atoms with Crippen LogP contribution in [0.5, 0.6) is 0 Å². The largest absolute Gasteiger partial charge is 0.467 e. The fraction of sp³-hybridized carbons (Fsp3) is 0.800. The van der Waals surface area contributed by atoms with E-state index < -0.39 is 28.7 Å². The van der Waals surface area contributed by atoms with Crippen molar-refractivity contribution in [2.24, 2.45) is 0 Å². The van der Waals surface area contributed by atoms with Gasteiger partial charge in [-0.1, -0.05) is 0 Å². The Morgan fingerprint density at radius 1 is 1.38 bits per heavy atom. The molecule has 0 aromatic heterocycles. The number of rotatable bonds is 4. The van der Waals surface area contributed by atoms with Crippen molar-refractivity contribution >= 4 is 5.97 Å². The lowest BCUT2D eigenvalue weighted by molar-refractivity contribution is -0.265. The summed E-state index contributed by atoms with van der Waals surface area (Å²) in [5, 5.41) is -3.12. The molecule has 0 heterocycles. The molecule has 4 nitrogen and oxygen atoms in total. The maximum absolute atomic E-state index is 12.1. The molecule has 0 aromatic rings. The van der Waals surface area contributed by atoms with Crippen molar-refractivity contribution in [3.63, 3.8) is 0 Å². The Morgan fingerprint density at radius 3 is 2.08 bits per heavy atom. The van der Waals surface area contributed by atoms with Crippen LogP contribution in [-0.4, -0.2) is 35.9 Å². The fourth-order valence-electron chi connectivity index (χ4n) is 0.640. The molecule has 1 atom stereocenters. The summed E-state index contributed by atoms with van der Waals surface area (Å²) < 4.78 is 51.4. The first kappa shape index (κ1) is 12.1. The van der Waals surface area contributed by atoms with E-state index in [2.05, 4.69) is 4.74 Å². The molecule has 0 aromatic carbocycles. The van der Waals surface area contributed by atoms with E-state index in [1.807, 2.05) is 0 Å². The van der Waals surface area contributed by atoms with Gasteiger partial charge in [-0.25, -0.2) is 4.79 Å². The molecular formula is C5H8F4N2O2. The highest BCUT2D eigenvalue weighted by atomic mass is 19.4. The molecule has 13 heavy (non-hydrogen) atoms. The van der Waals surface area contributed by atoms with E-state index in [4.69, 9.17) is 0 Å². The van der Waals surface area contributed by atoms with Crippen LogP contribution in [0.2, 0.25) is 0 Å². The van der Waals surface area contributed by atoms with Crippen LogP contribution < -0.4 is 0 Å². The normalized spacial score (nSPS) is 16.0. The van der Waals surface area contributed by atoms with Gasteiger partial charge in [-0.3, -0.25) is 0 Å². The third-order valence-electron chi connectivity index (χ3n) is 1.43. The van der Waals surface area contributed by atoms with E-state index in [-0.39, 0.29) is 0 Å². The molecule has 0 saturated carbocycles. The second-order valence-corrected chi connectivity index (χ2v) is 2.46. The standard InChI is InChI=1S/C5H8F4N2O2/c1-5(11(8)9,3-10(6)7)4(12)13-2/h3H2,1-2H3. The highest BCUT2D eigenvalue weighted by Crippen LogP contribution is 2.20. The molecular weight excluding hydrogens is 196 g/mol. The Balaban J connectivity index is 4.62. The van der Waals surface area contributed by atoms with Crippen molar-refractivity contribution in [2.75, 3.05) is 13.7 Å². The molecule has 8 heteroatoms. The molecule has 0 aliphatic heterocycles. The van der Waals surface area contributed by atoms with Gasteiger partial charge in [0, 0.05) is 10.7 Å². The number of carbonyl (C=O) groups excluding carboxylic acids is 1. The van der Waals surface area contributed by atoms with Gasteiger partial charge in [-0.2, -0.15) is 0 Å². The van der Waals surface area contributed by atoms with E-state index in [9.17, 15) is 22.7 Å². The van der Waals surface area contributed by atoms with Gasteiger partial charge in [0.15, 0.2) is 5.54 Å². The van der Waals surface area contributed by atoms with E-state index in [1.165, 1.54) is 0 Å². The second-order valence-electron chi connectivity index (χ2n) is 2.46. The number of hydrogen-bond donors (Lipinski definition) is 0. The molecule has 0 aliphatic rings. The quantitative estimate of drug-likeness (QED) is 0.389. The number of esters is 1. The molecule has 0 rings (SSSR count). The van der Waals surface area contributed by atoms with Gasteiger partial charge in [0.2, 0.25) is 0 Å². The first-order chi connectivity index (χ1) is 5.84. The minimum atomic E-state index is -2.65. The van der Waals surface area contributed by atoms with Crippen LogP contribution in [0.3, 0.4) is 0 Å². The third-order valence-corrected chi connectivity index (χ3v) is 1.43. The SMILES string of the molecule is COC(=O)C(C)(CN(F)F)N(F)F. The Bertz CT molecular complexity index is 189. The van der Waals surface area contributed by atoms with Crippen molar-refractivity contribution in [3.05, 3.63) is 0 Å². The zero-order valence-electron chi connectivity index (χ0n) is 6.93. The molecule has 0 aliphatic carbocycles. The van der Waals surface area contributed by atoms with E-state index in [0.29, 0.717) is 6.92 Å². The predicted molar refractivity (Wildman–Crippen MR) is 33.4 cm³/mol. The van der Waals surface area contributed by atoms with Crippen LogP contribution in [0.15, 0.2) is 0 Å². The number of ether oxygens (including phenoxy) is 1. The zero-order valence-corrected chi connectivity index (χ0v) is 6.93. The van der Waals surface area contributed by atoms with Crippen molar-refractivity contribution in [2.45, 2.75) is 12.5 Å². The summed E-state index contributed by atoms with van der Waals surface area (Å²) >= 11 is 0. The number of methoxy groups -OCH3 is 1. The summed E-state index contributed by atoms with van der Waals surface area (Å²) in [5.74, 6) is -1.43. The fourth-order valence-corrected chi connectivity index (χ4v) is 0.640. The van der Waals surface area contributed by atoms with Crippen molar-refractivity contribution < 1.29 is 27.5 Å². The van der Waals surface area contributed by atoms with Gasteiger partial charge in [-0.05, 0) is 6.92 Å². The smallest absolute Gasteiger partial charge is 0.333 e. The number of halogens is 4. The average molecular weight is 204 g/mol. The maximum Gasteiger partial charge on any atom is 0.333 e. The minimum Gasteiger partial charge on any atom is -0.467 e. The summed E-state index contributed by atoms with van der Waals surface area (Å²) in [6.45, 7) is -0.794. The molecule has 0 saturated heterocycles. The van der Waals surface area contributed by atoms with Crippen LogP contribution in [-0.2, 0) is 9.53 Å². The summed E-state index contributed by atoms with van der Waals surface area (Å²) in [5.41, 5.74) is -2.65. The number of carbonyl (C=O) groups is 1. The summed E-state index contributed by atoms with van der Waals surface area (Å²) in [7, 11) is 0.838. The summed E-state index contributed by atoms with van der Waals surface area (Å²) in [6.07, 6.45) is 0. The van der Waals surface area contributed by atoms with Crippen LogP contribution in [0.4, 0.5) is 17.9 Å². The Morgan fingerprint density at radius 2 is 1.85 bits per heavy atom. The second kappa shape index (κ2) is 4.38. The summed E-state index contributed by atoms with van der Waals surface area (Å²) in [6, 6.07) is 0. The lowest BCUT2D eigenvalue weighted by Gasteiger charge is -2.25. The van der Waals surface area contributed by atoms with Crippen LogP contribution in [0.1, 0.15) is 6.92 Å². The molecule has 0 bridgehead atoms. The lowest BCUT2D eigenvalue weighted by atomic mass is 10.1. The van der Waals surface area contributed by atoms with Gasteiger partial charge in [-0.15, -0.1) is 17.9 Å². The zero-order chi connectivity index (χ0) is 10.6. The molecule has 0 amide bonds. The van der Waals surface area contributed by atoms with Crippen molar-refractivity contribution in [3.8, 4) is 0 Å². The molecule has 0 spiro atoms. The van der Waals surface area contributed by atoms with Crippen LogP contribution >= 0.6 is 0 Å². The third kappa shape index (κ3) is 2.81. The van der Waals surface area contributed by atoms with Gasteiger partial charge in [0.05, 0.1) is 13.7 Å². The van der Waals surface area contributed by atoms with Crippen molar-refractivity contribution in [1.29, 1.82) is 0 Å². The minimum absolute atomic E-state index is 0.644. The van der Waals surface area contributed by atoms with Crippen LogP contribution in [0.25, 0.3) is 0 Å². The van der Waals surface area contributed by atoms with Gasteiger partial charge in [0.1, 0.15) is 0 Å². The molecule has 0 radical (unpaired) electrons. The Kier molecular flexibility index (Phi) is 4.08. The summed E-state index contributed by atoms with van der Waals surface area (Å²) in [4.78, 5) is 10.7. The average Bonchev–Trinajstić information content (AvgIpc) is 2.01. The maximum atomic E-state index is 12.1. The van der Waals surface area contributed by atoms with Crippen molar-refractivity contribution in [1.82, 2.24) is 10.7 Å². The number of nitrogens with zero attached hydrogens (tertiary/aromatic N) is 2. The molecule has 0 fully saturated rings. The first-order valence-corrected chi connectivity index (χ1v) is 3.14. The predicted octanol–water partition coefficient (Wildman–Crippen LogP) is 1.06. The molecule has 78 valence electrons.